The van der Waals surface area contributed by atoms with Crippen LogP contribution in [0.4, 0.5) is 5.13 Å². The second-order valence-electron chi connectivity index (χ2n) is 4.28. The van der Waals surface area contributed by atoms with Crippen LogP contribution in [0.25, 0.3) is 0 Å². The summed E-state index contributed by atoms with van der Waals surface area (Å²) in [5.41, 5.74) is 9.35. The number of ether oxygens (including phenoxy) is 2. The first-order valence-corrected chi connectivity index (χ1v) is 7.15. The van der Waals surface area contributed by atoms with E-state index < -0.39 is 0 Å². The fourth-order valence-corrected chi connectivity index (χ4v) is 2.50. The number of hydrogen-bond acceptors (Lipinski definition) is 7. The van der Waals surface area contributed by atoms with Crippen molar-refractivity contribution in [2.75, 3.05) is 20.0 Å². The number of nitrogens with two attached hydrogens (primary N) is 1. The third kappa shape index (κ3) is 3.53. The highest BCUT2D eigenvalue weighted by Crippen LogP contribution is 2.26. The van der Waals surface area contributed by atoms with Gasteiger partial charge in [0, 0.05) is 0 Å². The van der Waals surface area contributed by atoms with E-state index >= 15 is 0 Å². The minimum Gasteiger partial charge on any atom is -0.493 e. The zero-order valence-electron chi connectivity index (χ0n) is 12.4. The van der Waals surface area contributed by atoms with Crippen molar-refractivity contribution in [1.82, 2.24) is 10.4 Å². The molecular weight excluding hydrogens is 304 g/mol. The number of carbonyl (C=O) groups is 1. The Hall–Kier alpha value is -2.61. The molecule has 1 amide bonds. The molecule has 22 heavy (non-hydrogen) atoms. The summed E-state index contributed by atoms with van der Waals surface area (Å²) in [6, 6.07) is 5.31. The van der Waals surface area contributed by atoms with Gasteiger partial charge in [0.1, 0.15) is 4.88 Å². The number of nitrogens with one attached hydrogen (secondary N) is 1. The average Bonchev–Trinajstić information content (AvgIpc) is 2.85. The van der Waals surface area contributed by atoms with Crippen molar-refractivity contribution in [1.29, 1.82) is 0 Å². The number of amides is 1. The number of hydrogen-bond donors (Lipinski definition) is 2. The smallest absolute Gasteiger partial charge is 0.283 e. The van der Waals surface area contributed by atoms with Crippen LogP contribution in [-0.4, -0.2) is 31.3 Å². The van der Waals surface area contributed by atoms with Gasteiger partial charge >= 0.3 is 0 Å². The summed E-state index contributed by atoms with van der Waals surface area (Å²) < 4.78 is 10.3. The van der Waals surface area contributed by atoms with E-state index in [1.54, 1.807) is 39.3 Å². The summed E-state index contributed by atoms with van der Waals surface area (Å²) in [7, 11) is 3.12. The van der Waals surface area contributed by atoms with Crippen molar-refractivity contribution in [3.8, 4) is 11.5 Å². The molecule has 1 heterocycles. The number of anilines is 1. The molecule has 2 aromatic rings. The molecule has 1 aromatic heterocycles. The maximum Gasteiger partial charge on any atom is 0.283 e. The van der Waals surface area contributed by atoms with E-state index in [0.717, 1.165) is 16.9 Å². The number of hydrazone groups is 1. The van der Waals surface area contributed by atoms with Crippen LogP contribution < -0.4 is 20.6 Å². The summed E-state index contributed by atoms with van der Waals surface area (Å²) >= 11 is 1.12. The molecule has 0 spiro atoms. The van der Waals surface area contributed by atoms with Gasteiger partial charge in [-0.25, -0.2) is 10.4 Å². The third-order valence-corrected chi connectivity index (χ3v) is 3.79. The number of nitrogen functional groups attached to an aromatic ring is 1. The summed E-state index contributed by atoms with van der Waals surface area (Å²) in [6.07, 6.45) is 1.51. The average molecular weight is 320 g/mol. The summed E-state index contributed by atoms with van der Waals surface area (Å²) in [6.45, 7) is 1.72. The van der Waals surface area contributed by atoms with Crippen molar-refractivity contribution in [2.45, 2.75) is 6.92 Å². The molecule has 0 fully saturated rings. The van der Waals surface area contributed by atoms with Gasteiger partial charge in [0.05, 0.1) is 26.1 Å². The van der Waals surface area contributed by atoms with Gasteiger partial charge in [-0.1, -0.05) is 11.3 Å². The van der Waals surface area contributed by atoms with E-state index in [1.165, 1.54) is 6.21 Å². The van der Waals surface area contributed by atoms with Crippen LogP contribution in [-0.2, 0) is 0 Å². The summed E-state index contributed by atoms with van der Waals surface area (Å²) in [5, 5.41) is 4.27. The van der Waals surface area contributed by atoms with Crippen molar-refractivity contribution >= 4 is 28.6 Å². The van der Waals surface area contributed by atoms with E-state index in [9.17, 15) is 4.79 Å². The molecule has 2 rings (SSSR count). The Kier molecular flexibility index (Phi) is 4.95. The number of thiazole rings is 1. The SMILES string of the molecule is COc1ccc(/C=N\NC(=O)c2sc(N)nc2C)cc1OC. The van der Waals surface area contributed by atoms with E-state index in [1.807, 2.05) is 0 Å². The lowest BCUT2D eigenvalue weighted by Gasteiger charge is -2.07. The Morgan fingerprint density at radius 3 is 2.68 bits per heavy atom. The molecule has 0 atom stereocenters. The zero-order chi connectivity index (χ0) is 16.1. The molecule has 8 heteroatoms. The van der Waals surface area contributed by atoms with Crippen LogP contribution in [0.3, 0.4) is 0 Å². The first-order valence-electron chi connectivity index (χ1n) is 6.33. The highest BCUT2D eigenvalue weighted by molar-refractivity contribution is 7.17. The van der Waals surface area contributed by atoms with E-state index in [-0.39, 0.29) is 5.91 Å². The van der Waals surface area contributed by atoms with Gasteiger partial charge in [-0.15, -0.1) is 0 Å². The van der Waals surface area contributed by atoms with Crippen LogP contribution >= 0.6 is 11.3 Å². The Morgan fingerprint density at radius 2 is 2.09 bits per heavy atom. The highest BCUT2D eigenvalue weighted by atomic mass is 32.1. The molecule has 0 radical (unpaired) electrons. The van der Waals surface area contributed by atoms with Gasteiger partial charge in [0.2, 0.25) is 0 Å². The normalized spacial score (nSPS) is 10.7. The quantitative estimate of drug-likeness (QED) is 0.646. The minimum absolute atomic E-state index is 0.344. The van der Waals surface area contributed by atoms with Gasteiger partial charge < -0.3 is 15.2 Å². The predicted octanol–water partition coefficient (Wildman–Crippen LogP) is 1.81. The molecule has 0 aliphatic carbocycles. The number of aromatic nitrogens is 1. The largest absolute Gasteiger partial charge is 0.493 e. The molecule has 0 saturated heterocycles. The first-order chi connectivity index (χ1) is 10.5. The first kappa shape index (κ1) is 15.8. The van der Waals surface area contributed by atoms with Crippen molar-refractivity contribution in [3.05, 3.63) is 34.3 Å². The maximum absolute atomic E-state index is 11.9. The third-order valence-electron chi connectivity index (χ3n) is 2.81. The topological polar surface area (TPSA) is 98.8 Å². The molecule has 7 nitrogen and oxygen atoms in total. The molecule has 3 N–H and O–H groups in total. The van der Waals surface area contributed by atoms with Crippen LogP contribution in [0.5, 0.6) is 11.5 Å². The lowest BCUT2D eigenvalue weighted by molar-refractivity contribution is 0.0958. The number of benzene rings is 1. The van der Waals surface area contributed by atoms with Crippen LogP contribution in [0.15, 0.2) is 23.3 Å². The molecule has 0 bridgehead atoms. The molecule has 1 aromatic carbocycles. The summed E-state index contributed by atoms with van der Waals surface area (Å²) in [5.74, 6) is 0.867. The Bertz CT molecular complexity index is 712. The van der Waals surface area contributed by atoms with Crippen molar-refractivity contribution in [2.24, 2.45) is 5.10 Å². The molecule has 0 unspecified atom stereocenters. The minimum atomic E-state index is -0.344. The summed E-state index contributed by atoms with van der Waals surface area (Å²) in [4.78, 5) is 16.4. The predicted molar refractivity (Wildman–Crippen MR) is 85.9 cm³/mol. The van der Waals surface area contributed by atoms with Gasteiger partial charge in [-0.3, -0.25) is 4.79 Å². The van der Waals surface area contributed by atoms with Crippen molar-refractivity contribution < 1.29 is 14.3 Å². The number of methoxy groups -OCH3 is 2. The second kappa shape index (κ2) is 6.90. The maximum atomic E-state index is 11.9. The second-order valence-corrected chi connectivity index (χ2v) is 5.31. The molecule has 0 aliphatic heterocycles. The molecule has 0 aliphatic rings. The van der Waals surface area contributed by atoms with Gasteiger partial charge in [0.15, 0.2) is 16.6 Å². The lowest BCUT2D eigenvalue weighted by atomic mass is 10.2. The van der Waals surface area contributed by atoms with Gasteiger partial charge in [0.25, 0.3) is 5.91 Å². The number of aryl methyl sites for hydroxylation is 1. The monoisotopic (exact) mass is 320 g/mol. The molecule has 116 valence electrons. The van der Waals surface area contributed by atoms with Crippen molar-refractivity contribution in [3.63, 3.8) is 0 Å². The highest BCUT2D eigenvalue weighted by Gasteiger charge is 2.13. The lowest BCUT2D eigenvalue weighted by Crippen LogP contribution is -2.17. The van der Waals surface area contributed by atoms with Crippen LogP contribution in [0.1, 0.15) is 20.9 Å². The van der Waals surface area contributed by atoms with Gasteiger partial charge in [-0.05, 0) is 30.7 Å². The fraction of sp³-hybridized carbons (Fsp3) is 0.214. The number of carbonyl (C=O) groups excluding carboxylic acids is 1. The van der Waals surface area contributed by atoms with E-state index in [2.05, 4.69) is 15.5 Å². The standard InChI is InChI=1S/C14H16N4O3S/c1-8-12(22-14(15)17-8)13(19)18-16-7-9-4-5-10(20-2)11(6-9)21-3/h4-7H,1-3H3,(H2,15,17)(H,18,19)/b16-7-. The Labute approximate surface area is 131 Å². The fourth-order valence-electron chi connectivity index (χ4n) is 1.78. The van der Waals surface area contributed by atoms with E-state index in [4.69, 9.17) is 15.2 Å². The molecular formula is C14H16N4O3S. The Balaban J connectivity index is 2.06. The van der Waals surface area contributed by atoms with Crippen LogP contribution in [0.2, 0.25) is 0 Å². The Morgan fingerprint density at radius 1 is 1.36 bits per heavy atom. The zero-order valence-corrected chi connectivity index (χ0v) is 13.2. The van der Waals surface area contributed by atoms with Gasteiger partial charge in [-0.2, -0.15) is 5.10 Å². The molecule has 0 saturated carbocycles. The number of nitrogens with zero attached hydrogens (tertiary/aromatic N) is 2. The van der Waals surface area contributed by atoms with Crippen LogP contribution in [0, 0.1) is 6.92 Å². The van der Waals surface area contributed by atoms with E-state index in [0.29, 0.717) is 27.2 Å². The number of rotatable bonds is 5.